The molecule has 3 unspecified atom stereocenters. The van der Waals surface area contributed by atoms with Crippen LogP contribution < -0.4 is 4.90 Å². The van der Waals surface area contributed by atoms with Gasteiger partial charge in [-0.3, -0.25) is 4.98 Å². The van der Waals surface area contributed by atoms with E-state index in [2.05, 4.69) is 35.9 Å². The molecule has 17 heavy (non-hydrogen) atoms. The fourth-order valence-corrected chi connectivity index (χ4v) is 3.66. The van der Waals surface area contributed by atoms with Crippen molar-refractivity contribution in [1.82, 2.24) is 9.88 Å². The number of aryl methyl sites for hydroxylation is 1. The smallest absolute Gasteiger partial charge is 0.0674 e. The maximum Gasteiger partial charge on any atom is 0.0674 e. The molecule has 3 heterocycles. The molecule has 3 aliphatic rings. The van der Waals surface area contributed by atoms with Crippen LogP contribution in [0, 0.1) is 12.8 Å². The van der Waals surface area contributed by atoms with E-state index < -0.39 is 0 Å². The van der Waals surface area contributed by atoms with Crippen LogP contribution in [0.1, 0.15) is 23.7 Å². The number of anilines is 1. The lowest BCUT2D eigenvalue weighted by Gasteiger charge is -2.44. The predicted molar refractivity (Wildman–Crippen MR) is 68.5 cm³/mol. The van der Waals surface area contributed by atoms with Crippen molar-refractivity contribution < 1.29 is 0 Å². The van der Waals surface area contributed by atoms with Gasteiger partial charge in [0.15, 0.2) is 0 Å². The third kappa shape index (κ3) is 1.35. The van der Waals surface area contributed by atoms with Crippen LogP contribution in [-0.2, 0) is 0 Å². The highest BCUT2D eigenvalue weighted by Gasteiger charge is 2.53. The van der Waals surface area contributed by atoms with Crippen LogP contribution in [-0.4, -0.2) is 42.6 Å². The van der Waals surface area contributed by atoms with E-state index in [9.17, 15) is 0 Å². The van der Waals surface area contributed by atoms with Crippen molar-refractivity contribution in [2.45, 2.75) is 25.3 Å². The SMILES string of the molecule is Cc1ccc2c(n1)C1CC1C1CN(C)CCN21. The Bertz CT molecular complexity index is 471. The first-order chi connectivity index (χ1) is 8.24. The van der Waals surface area contributed by atoms with Crippen molar-refractivity contribution in [2.24, 2.45) is 5.92 Å². The number of piperazine rings is 1. The van der Waals surface area contributed by atoms with E-state index in [-0.39, 0.29) is 0 Å². The Labute approximate surface area is 102 Å². The topological polar surface area (TPSA) is 19.4 Å². The first-order valence-electron chi connectivity index (χ1n) is 6.67. The fourth-order valence-electron chi connectivity index (χ4n) is 3.66. The minimum atomic E-state index is 0.746. The maximum atomic E-state index is 4.79. The van der Waals surface area contributed by atoms with Gasteiger partial charge in [0.05, 0.1) is 11.4 Å². The van der Waals surface area contributed by atoms with Crippen LogP contribution >= 0.6 is 0 Å². The highest BCUT2D eigenvalue weighted by Crippen LogP contribution is 2.57. The predicted octanol–water partition coefficient (Wildman–Crippen LogP) is 1.63. The average Bonchev–Trinajstić information content (AvgIpc) is 3.09. The van der Waals surface area contributed by atoms with Crippen molar-refractivity contribution in [2.75, 3.05) is 31.6 Å². The summed E-state index contributed by atoms with van der Waals surface area (Å²) >= 11 is 0. The lowest BCUT2D eigenvalue weighted by atomic mass is 9.97. The lowest BCUT2D eigenvalue weighted by Crippen LogP contribution is -2.54. The molecule has 1 saturated carbocycles. The van der Waals surface area contributed by atoms with Crippen molar-refractivity contribution >= 4 is 5.69 Å². The molecule has 1 saturated heterocycles. The Morgan fingerprint density at radius 2 is 2.18 bits per heavy atom. The van der Waals surface area contributed by atoms with Gasteiger partial charge in [0.2, 0.25) is 0 Å². The molecule has 3 atom stereocenters. The number of hydrogen-bond acceptors (Lipinski definition) is 3. The number of fused-ring (bicyclic) bond motifs is 6. The summed E-state index contributed by atoms with van der Waals surface area (Å²) in [6.07, 6.45) is 1.36. The largest absolute Gasteiger partial charge is 0.364 e. The molecule has 0 spiro atoms. The van der Waals surface area contributed by atoms with Crippen LogP contribution in [0.15, 0.2) is 12.1 Å². The van der Waals surface area contributed by atoms with E-state index in [1.54, 1.807) is 0 Å². The minimum absolute atomic E-state index is 0.746. The van der Waals surface area contributed by atoms with Gasteiger partial charge in [0.1, 0.15) is 0 Å². The number of hydrogen-bond donors (Lipinski definition) is 0. The fraction of sp³-hybridized carbons (Fsp3) is 0.643. The second-order valence-corrected chi connectivity index (χ2v) is 5.89. The van der Waals surface area contributed by atoms with Gasteiger partial charge in [-0.15, -0.1) is 0 Å². The zero-order chi connectivity index (χ0) is 11.6. The second kappa shape index (κ2) is 3.22. The molecule has 1 aromatic heterocycles. The van der Waals surface area contributed by atoms with Crippen molar-refractivity contribution in [1.29, 1.82) is 0 Å². The van der Waals surface area contributed by atoms with Gasteiger partial charge < -0.3 is 9.80 Å². The summed E-state index contributed by atoms with van der Waals surface area (Å²) < 4.78 is 0. The molecule has 0 bridgehead atoms. The number of rotatable bonds is 0. The first-order valence-corrected chi connectivity index (χ1v) is 6.67. The third-order valence-electron chi connectivity index (χ3n) is 4.66. The molecule has 2 fully saturated rings. The summed E-state index contributed by atoms with van der Waals surface area (Å²) in [7, 11) is 2.25. The molecule has 0 N–H and O–H groups in total. The van der Waals surface area contributed by atoms with Gasteiger partial charge in [0.25, 0.3) is 0 Å². The Morgan fingerprint density at radius 3 is 3.06 bits per heavy atom. The molecular formula is C14H19N3. The summed E-state index contributed by atoms with van der Waals surface area (Å²) in [5, 5.41) is 0. The van der Waals surface area contributed by atoms with E-state index in [1.807, 2.05) is 0 Å². The van der Waals surface area contributed by atoms with Gasteiger partial charge >= 0.3 is 0 Å². The Morgan fingerprint density at radius 1 is 1.29 bits per heavy atom. The lowest BCUT2D eigenvalue weighted by molar-refractivity contribution is 0.248. The van der Waals surface area contributed by atoms with Crippen molar-refractivity contribution in [3.8, 4) is 0 Å². The molecule has 3 nitrogen and oxygen atoms in total. The molecule has 0 aromatic carbocycles. The monoisotopic (exact) mass is 229 g/mol. The van der Waals surface area contributed by atoms with Crippen LogP contribution in [0.4, 0.5) is 5.69 Å². The van der Waals surface area contributed by atoms with Crippen LogP contribution in [0.2, 0.25) is 0 Å². The Hall–Kier alpha value is -1.09. The van der Waals surface area contributed by atoms with Gasteiger partial charge in [-0.1, -0.05) is 0 Å². The van der Waals surface area contributed by atoms with E-state index in [0.717, 1.165) is 17.9 Å². The van der Waals surface area contributed by atoms with Crippen LogP contribution in [0.5, 0.6) is 0 Å². The average molecular weight is 229 g/mol. The molecule has 1 aromatic rings. The molecule has 4 rings (SSSR count). The van der Waals surface area contributed by atoms with E-state index in [1.165, 1.54) is 43.1 Å². The molecule has 3 heteroatoms. The number of likely N-dealkylation sites (N-methyl/N-ethyl adjacent to an activating group) is 1. The Kier molecular flexibility index (Phi) is 1.88. The molecule has 90 valence electrons. The maximum absolute atomic E-state index is 4.79. The normalized spacial score (nSPS) is 34.9. The first kappa shape index (κ1) is 9.89. The number of pyridine rings is 1. The van der Waals surface area contributed by atoms with Gasteiger partial charge in [0, 0.05) is 37.3 Å². The van der Waals surface area contributed by atoms with Crippen LogP contribution in [0.3, 0.4) is 0 Å². The van der Waals surface area contributed by atoms with Gasteiger partial charge in [-0.05, 0) is 38.4 Å². The zero-order valence-corrected chi connectivity index (χ0v) is 10.6. The third-order valence-corrected chi connectivity index (χ3v) is 4.66. The highest BCUT2D eigenvalue weighted by molar-refractivity contribution is 5.59. The Balaban J connectivity index is 1.79. The summed E-state index contributed by atoms with van der Waals surface area (Å²) in [6, 6.07) is 5.21. The summed E-state index contributed by atoms with van der Waals surface area (Å²) in [5.41, 5.74) is 3.98. The zero-order valence-electron chi connectivity index (χ0n) is 10.6. The standard InChI is InChI=1S/C14H19N3/c1-9-3-4-12-14(15-9)11-7-10(11)13-8-16(2)5-6-17(12)13/h3-4,10-11,13H,5-8H2,1-2H3. The van der Waals surface area contributed by atoms with Crippen molar-refractivity contribution in [3.63, 3.8) is 0 Å². The van der Waals surface area contributed by atoms with E-state index in [0.29, 0.717) is 0 Å². The molecular weight excluding hydrogens is 210 g/mol. The number of aromatic nitrogens is 1. The van der Waals surface area contributed by atoms with Gasteiger partial charge in [-0.25, -0.2) is 0 Å². The second-order valence-electron chi connectivity index (χ2n) is 5.89. The molecule has 1 aliphatic carbocycles. The summed E-state index contributed by atoms with van der Waals surface area (Å²) in [5.74, 6) is 1.64. The van der Waals surface area contributed by atoms with Crippen molar-refractivity contribution in [3.05, 3.63) is 23.5 Å². The molecule has 2 aliphatic heterocycles. The highest BCUT2D eigenvalue weighted by atomic mass is 15.3. The van der Waals surface area contributed by atoms with E-state index >= 15 is 0 Å². The quantitative estimate of drug-likeness (QED) is 0.674. The van der Waals surface area contributed by atoms with Crippen LogP contribution in [0.25, 0.3) is 0 Å². The summed E-state index contributed by atoms with van der Waals surface area (Å²) in [6.45, 7) is 5.69. The van der Waals surface area contributed by atoms with E-state index in [4.69, 9.17) is 4.98 Å². The minimum Gasteiger partial charge on any atom is -0.364 e. The summed E-state index contributed by atoms with van der Waals surface area (Å²) in [4.78, 5) is 9.89. The number of nitrogens with zero attached hydrogens (tertiary/aromatic N) is 3. The van der Waals surface area contributed by atoms with Gasteiger partial charge in [-0.2, -0.15) is 0 Å². The molecule has 0 radical (unpaired) electrons. The molecule has 0 amide bonds.